The lowest BCUT2D eigenvalue weighted by molar-refractivity contribution is 0.0118. The molecular weight excluding hydrogens is 314 g/mol. The van der Waals surface area contributed by atoms with E-state index in [4.69, 9.17) is 5.73 Å². The van der Waals surface area contributed by atoms with Crippen LogP contribution in [0.25, 0.3) is 0 Å². The van der Waals surface area contributed by atoms with Crippen LogP contribution >= 0.6 is 23.5 Å². The molecule has 1 aliphatic heterocycles. The monoisotopic (exact) mass is 332 g/mol. The van der Waals surface area contributed by atoms with Crippen molar-refractivity contribution in [1.82, 2.24) is 5.32 Å². The van der Waals surface area contributed by atoms with Gasteiger partial charge in [-0.15, -0.1) is 23.5 Å². The molecule has 3 nitrogen and oxygen atoms in total. The summed E-state index contributed by atoms with van der Waals surface area (Å²) in [6.07, 6.45) is 1.22. The van der Waals surface area contributed by atoms with Gasteiger partial charge in [-0.05, 0) is 35.6 Å². The lowest BCUT2D eigenvalue weighted by atomic mass is 10.1. The van der Waals surface area contributed by atoms with Crippen molar-refractivity contribution in [2.75, 3.05) is 24.6 Å². The molecular formula is C14H18F2N2OS2. The standard InChI is InChI=1S/C14H18F2N2OS2/c15-14(16,8-17)9-18-12(19)10-2-4-11(5-3-10)13-20-6-1-7-21-13/h2-5,13H,1,6-9,17H2,(H,18,19). The fourth-order valence-corrected chi connectivity index (χ4v) is 4.75. The second-order valence-electron chi connectivity index (χ2n) is 4.79. The van der Waals surface area contributed by atoms with Crippen LogP contribution in [-0.2, 0) is 0 Å². The first-order valence-corrected chi connectivity index (χ1v) is 8.81. The van der Waals surface area contributed by atoms with Gasteiger partial charge in [0.25, 0.3) is 11.8 Å². The minimum Gasteiger partial charge on any atom is -0.346 e. The summed E-state index contributed by atoms with van der Waals surface area (Å²) in [5, 5.41) is 2.21. The molecule has 1 aromatic carbocycles. The summed E-state index contributed by atoms with van der Waals surface area (Å²) in [6.45, 7) is -1.51. The van der Waals surface area contributed by atoms with Gasteiger partial charge in [0.2, 0.25) is 0 Å². The number of nitrogens with one attached hydrogen (secondary N) is 1. The molecule has 21 heavy (non-hydrogen) atoms. The minimum atomic E-state index is -3.06. The van der Waals surface area contributed by atoms with E-state index in [1.54, 1.807) is 12.1 Å². The Kier molecular flexibility index (Phi) is 5.89. The van der Waals surface area contributed by atoms with Crippen molar-refractivity contribution in [2.45, 2.75) is 16.9 Å². The van der Waals surface area contributed by atoms with Gasteiger partial charge in [0.1, 0.15) is 0 Å². The summed E-state index contributed by atoms with van der Waals surface area (Å²) in [5.41, 5.74) is 6.47. The van der Waals surface area contributed by atoms with Crippen LogP contribution in [0.3, 0.4) is 0 Å². The highest BCUT2D eigenvalue weighted by atomic mass is 32.2. The van der Waals surface area contributed by atoms with E-state index in [9.17, 15) is 13.6 Å². The number of thioether (sulfide) groups is 2. The minimum absolute atomic E-state index is 0.386. The number of carbonyl (C=O) groups is 1. The van der Waals surface area contributed by atoms with E-state index < -0.39 is 24.9 Å². The summed E-state index contributed by atoms with van der Waals surface area (Å²) in [6, 6.07) is 7.15. The summed E-state index contributed by atoms with van der Waals surface area (Å²) in [5.74, 6) is -1.27. The first-order chi connectivity index (χ1) is 10.0. The highest BCUT2D eigenvalue weighted by Gasteiger charge is 2.27. The van der Waals surface area contributed by atoms with Crippen molar-refractivity contribution in [2.24, 2.45) is 5.73 Å². The molecule has 0 radical (unpaired) electrons. The Morgan fingerprint density at radius 2 is 1.90 bits per heavy atom. The number of hydrogen-bond donors (Lipinski definition) is 2. The van der Waals surface area contributed by atoms with Gasteiger partial charge >= 0.3 is 0 Å². The zero-order valence-electron chi connectivity index (χ0n) is 11.5. The molecule has 0 unspecified atom stereocenters. The van der Waals surface area contributed by atoms with E-state index in [2.05, 4.69) is 5.32 Å². The van der Waals surface area contributed by atoms with Crippen LogP contribution in [0.1, 0.15) is 26.9 Å². The van der Waals surface area contributed by atoms with Gasteiger partial charge in [-0.1, -0.05) is 12.1 Å². The third-order valence-corrected chi connectivity index (χ3v) is 6.09. The van der Waals surface area contributed by atoms with Crippen molar-refractivity contribution in [3.05, 3.63) is 35.4 Å². The highest BCUT2D eigenvalue weighted by molar-refractivity contribution is 8.16. The predicted molar refractivity (Wildman–Crippen MR) is 85.1 cm³/mol. The topological polar surface area (TPSA) is 55.1 Å². The third-order valence-electron chi connectivity index (χ3n) is 3.08. The molecule has 1 aliphatic rings. The van der Waals surface area contributed by atoms with Crippen LogP contribution in [0.2, 0.25) is 0 Å². The van der Waals surface area contributed by atoms with Crippen LogP contribution in [0.4, 0.5) is 8.78 Å². The molecule has 2 rings (SSSR count). The molecule has 1 saturated heterocycles. The molecule has 0 atom stereocenters. The largest absolute Gasteiger partial charge is 0.346 e. The Morgan fingerprint density at radius 3 is 2.48 bits per heavy atom. The average Bonchev–Trinajstić information content (AvgIpc) is 2.54. The number of rotatable bonds is 5. The zero-order chi connectivity index (χ0) is 15.3. The van der Waals surface area contributed by atoms with Crippen molar-refractivity contribution < 1.29 is 13.6 Å². The second kappa shape index (κ2) is 7.47. The smallest absolute Gasteiger partial charge is 0.277 e. The molecule has 7 heteroatoms. The van der Waals surface area contributed by atoms with Crippen LogP contribution < -0.4 is 11.1 Å². The first kappa shape index (κ1) is 16.6. The molecule has 0 aliphatic carbocycles. The van der Waals surface area contributed by atoms with E-state index in [1.807, 2.05) is 35.7 Å². The van der Waals surface area contributed by atoms with Crippen LogP contribution in [0.15, 0.2) is 24.3 Å². The van der Waals surface area contributed by atoms with Gasteiger partial charge in [-0.2, -0.15) is 0 Å². The summed E-state index contributed by atoms with van der Waals surface area (Å²) in [4.78, 5) is 11.8. The molecule has 3 N–H and O–H groups in total. The molecule has 0 saturated carbocycles. The van der Waals surface area contributed by atoms with Gasteiger partial charge in [0, 0.05) is 5.56 Å². The first-order valence-electron chi connectivity index (χ1n) is 6.71. The number of carbonyl (C=O) groups excluding carboxylic acids is 1. The van der Waals surface area contributed by atoms with E-state index in [-0.39, 0.29) is 0 Å². The number of alkyl halides is 2. The summed E-state index contributed by atoms with van der Waals surface area (Å²) >= 11 is 3.79. The van der Waals surface area contributed by atoms with E-state index in [0.29, 0.717) is 10.1 Å². The van der Waals surface area contributed by atoms with Crippen molar-refractivity contribution in [3.63, 3.8) is 0 Å². The normalized spacial score (nSPS) is 16.7. The summed E-state index contributed by atoms with van der Waals surface area (Å²) < 4.78 is 26.4. The van der Waals surface area contributed by atoms with Crippen molar-refractivity contribution >= 4 is 29.4 Å². The maximum Gasteiger partial charge on any atom is 0.277 e. The lowest BCUT2D eigenvalue weighted by Gasteiger charge is -2.21. The van der Waals surface area contributed by atoms with Gasteiger partial charge in [0.05, 0.1) is 17.7 Å². The van der Waals surface area contributed by atoms with E-state index >= 15 is 0 Å². The predicted octanol–water partition coefficient (Wildman–Crippen LogP) is 2.88. The molecule has 0 aromatic heterocycles. The average molecular weight is 332 g/mol. The van der Waals surface area contributed by atoms with Gasteiger partial charge in [0.15, 0.2) is 0 Å². The Hall–Kier alpha value is -0.790. The van der Waals surface area contributed by atoms with Gasteiger partial charge < -0.3 is 11.1 Å². The van der Waals surface area contributed by atoms with Crippen LogP contribution in [0.5, 0.6) is 0 Å². The fraction of sp³-hybridized carbons (Fsp3) is 0.500. The highest BCUT2D eigenvalue weighted by Crippen LogP contribution is 2.43. The van der Waals surface area contributed by atoms with Crippen LogP contribution in [-0.4, -0.2) is 36.4 Å². The maximum atomic E-state index is 13.0. The Bertz CT molecular complexity index is 476. The van der Waals surface area contributed by atoms with Gasteiger partial charge in [-0.3, -0.25) is 4.79 Å². The van der Waals surface area contributed by atoms with E-state index in [0.717, 1.165) is 17.1 Å². The SMILES string of the molecule is NCC(F)(F)CNC(=O)c1ccc(C2SCCCS2)cc1. The second-order valence-corrected chi connectivity index (χ2v) is 7.52. The van der Waals surface area contributed by atoms with E-state index in [1.165, 1.54) is 6.42 Å². The lowest BCUT2D eigenvalue weighted by Crippen LogP contribution is -2.41. The molecule has 1 amide bonds. The maximum absolute atomic E-state index is 13.0. The molecule has 116 valence electrons. The van der Waals surface area contributed by atoms with Gasteiger partial charge in [-0.25, -0.2) is 8.78 Å². The van der Waals surface area contributed by atoms with Crippen LogP contribution in [0, 0.1) is 0 Å². The molecule has 0 bridgehead atoms. The Labute approximate surface area is 131 Å². The molecule has 1 aromatic rings. The number of benzene rings is 1. The Morgan fingerprint density at radius 1 is 1.29 bits per heavy atom. The number of nitrogens with two attached hydrogens (primary N) is 1. The number of hydrogen-bond acceptors (Lipinski definition) is 4. The quantitative estimate of drug-likeness (QED) is 0.870. The summed E-state index contributed by atoms with van der Waals surface area (Å²) in [7, 11) is 0. The third kappa shape index (κ3) is 4.86. The van der Waals surface area contributed by atoms with Crippen molar-refractivity contribution in [1.29, 1.82) is 0 Å². The zero-order valence-corrected chi connectivity index (χ0v) is 13.1. The fourth-order valence-electron chi connectivity index (χ4n) is 1.86. The number of halogens is 2. The Balaban J connectivity index is 1.93. The molecule has 1 heterocycles. The molecule has 1 fully saturated rings. The number of amides is 1. The van der Waals surface area contributed by atoms with Crippen molar-refractivity contribution in [3.8, 4) is 0 Å². The molecule has 0 spiro atoms.